The number of nitriles is 1. The van der Waals surface area contributed by atoms with Gasteiger partial charge in [-0.2, -0.15) is 5.26 Å². The van der Waals surface area contributed by atoms with Crippen LogP contribution < -0.4 is 0 Å². The molecule has 0 radical (unpaired) electrons. The molecule has 0 saturated carbocycles. The third kappa shape index (κ3) is 3.86. The number of sulfone groups is 1. The molecule has 1 aliphatic heterocycles. The average Bonchev–Trinajstić information content (AvgIpc) is 2.47. The minimum atomic E-state index is -3.22. The van der Waals surface area contributed by atoms with E-state index in [1.54, 1.807) is 17.0 Å². The van der Waals surface area contributed by atoms with E-state index in [1.165, 1.54) is 12.1 Å². The molecule has 2 rings (SSSR count). The Bertz CT molecular complexity index is 704. The van der Waals surface area contributed by atoms with Crippen molar-refractivity contribution in [3.63, 3.8) is 0 Å². The van der Waals surface area contributed by atoms with Crippen molar-refractivity contribution in [1.29, 1.82) is 5.26 Å². The van der Waals surface area contributed by atoms with Crippen molar-refractivity contribution < 1.29 is 13.2 Å². The lowest BCUT2D eigenvalue weighted by atomic mass is 9.83. The quantitative estimate of drug-likeness (QED) is 0.850. The molecular formula is C16H20N2O3S. The molecule has 1 aliphatic rings. The largest absolute Gasteiger partial charge is 0.341 e. The van der Waals surface area contributed by atoms with Gasteiger partial charge >= 0.3 is 0 Å². The summed E-state index contributed by atoms with van der Waals surface area (Å²) in [6, 6.07) is 8.67. The molecule has 1 amide bonds. The van der Waals surface area contributed by atoms with Crippen molar-refractivity contribution in [1.82, 2.24) is 4.90 Å². The van der Waals surface area contributed by atoms with Gasteiger partial charge < -0.3 is 4.90 Å². The highest BCUT2D eigenvalue weighted by atomic mass is 32.2. The Balaban J connectivity index is 2.05. The van der Waals surface area contributed by atoms with Crippen LogP contribution in [-0.4, -0.2) is 38.6 Å². The summed E-state index contributed by atoms with van der Waals surface area (Å²) in [6.45, 7) is 3.02. The zero-order valence-electron chi connectivity index (χ0n) is 12.9. The predicted octanol–water partition coefficient (Wildman–Crippen LogP) is 1.78. The highest BCUT2D eigenvalue weighted by molar-refractivity contribution is 7.90. The Morgan fingerprint density at radius 3 is 2.55 bits per heavy atom. The van der Waals surface area contributed by atoms with E-state index in [4.69, 9.17) is 0 Å². The zero-order chi connectivity index (χ0) is 16.4. The lowest BCUT2D eigenvalue weighted by Gasteiger charge is -2.36. The number of likely N-dealkylation sites (tertiary alicyclic amines) is 1. The predicted molar refractivity (Wildman–Crippen MR) is 82.8 cm³/mol. The van der Waals surface area contributed by atoms with Crippen LogP contribution in [0.2, 0.25) is 0 Å². The van der Waals surface area contributed by atoms with Crippen LogP contribution in [0.3, 0.4) is 0 Å². The van der Waals surface area contributed by atoms with E-state index in [0.29, 0.717) is 13.1 Å². The molecular weight excluding hydrogens is 300 g/mol. The van der Waals surface area contributed by atoms with Gasteiger partial charge in [0.15, 0.2) is 9.84 Å². The standard InChI is InChI=1S/C16H20N2O3S/c1-16(11-17)8-3-9-18(12-16)15(19)10-13-4-6-14(7-5-13)22(2,20)21/h4-7H,3,8-10,12H2,1-2H3/t16-/m0/s1. The number of carbonyl (C=O) groups is 1. The minimum absolute atomic E-state index is 0.0201. The van der Waals surface area contributed by atoms with Crippen LogP contribution >= 0.6 is 0 Å². The van der Waals surface area contributed by atoms with Crippen LogP contribution in [0.5, 0.6) is 0 Å². The summed E-state index contributed by atoms with van der Waals surface area (Å²) in [5, 5.41) is 9.20. The fourth-order valence-electron chi connectivity index (χ4n) is 2.68. The summed E-state index contributed by atoms with van der Waals surface area (Å²) < 4.78 is 22.8. The first-order chi connectivity index (χ1) is 10.2. The first-order valence-corrected chi connectivity index (χ1v) is 9.11. The van der Waals surface area contributed by atoms with Crippen LogP contribution in [0.1, 0.15) is 25.3 Å². The van der Waals surface area contributed by atoms with E-state index in [-0.39, 0.29) is 17.2 Å². The van der Waals surface area contributed by atoms with Crippen molar-refractivity contribution in [3.05, 3.63) is 29.8 Å². The van der Waals surface area contributed by atoms with E-state index < -0.39 is 15.3 Å². The summed E-state index contributed by atoms with van der Waals surface area (Å²) in [5.41, 5.74) is 0.315. The summed E-state index contributed by atoms with van der Waals surface area (Å²) in [5.74, 6) is -0.0201. The van der Waals surface area contributed by atoms with Gasteiger partial charge in [-0.25, -0.2) is 8.42 Å². The molecule has 0 unspecified atom stereocenters. The van der Waals surface area contributed by atoms with Crippen molar-refractivity contribution in [2.24, 2.45) is 5.41 Å². The number of benzene rings is 1. The number of piperidine rings is 1. The van der Waals surface area contributed by atoms with Gasteiger partial charge in [0.25, 0.3) is 0 Å². The van der Waals surface area contributed by atoms with Crippen LogP contribution in [0.25, 0.3) is 0 Å². The highest BCUT2D eigenvalue weighted by Crippen LogP contribution is 2.28. The fraction of sp³-hybridized carbons (Fsp3) is 0.500. The Kier molecular flexibility index (Phi) is 4.57. The van der Waals surface area contributed by atoms with Crippen molar-refractivity contribution in [3.8, 4) is 6.07 Å². The summed E-state index contributed by atoms with van der Waals surface area (Å²) >= 11 is 0. The van der Waals surface area contributed by atoms with Gasteiger partial charge in [-0.15, -0.1) is 0 Å². The SMILES string of the molecule is C[C@@]1(C#N)CCCN(C(=O)Cc2ccc(S(C)(=O)=O)cc2)C1. The number of hydrogen-bond acceptors (Lipinski definition) is 4. The molecule has 0 aromatic heterocycles. The zero-order valence-corrected chi connectivity index (χ0v) is 13.7. The van der Waals surface area contributed by atoms with Crippen LogP contribution in [0.4, 0.5) is 0 Å². The molecule has 1 aromatic carbocycles. The molecule has 118 valence electrons. The second-order valence-corrected chi connectivity index (χ2v) is 8.20. The van der Waals surface area contributed by atoms with E-state index in [2.05, 4.69) is 6.07 Å². The summed E-state index contributed by atoms with van der Waals surface area (Å²) in [7, 11) is -3.22. The Morgan fingerprint density at radius 2 is 2.00 bits per heavy atom. The van der Waals surface area contributed by atoms with Gasteiger partial charge in [0, 0.05) is 19.3 Å². The van der Waals surface area contributed by atoms with Crippen molar-refractivity contribution >= 4 is 15.7 Å². The summed E-state index contributed by atoms with van der Waals surface area (Å²) in [4.78, 5) is 14.3. The van der Waals surface area contributed by atoms with Gasteiger partial charge in [0.05, 0.1) is 22.8 Å². The Hall–Kier alpha value is -1.87. The third-order valence-electron chi connectivity index (χ3n) is 4.03. The molecule has 0 bridgehead atoms. The third-order valence-corrected chi connectivity index (χ3v) is 5.15. The normalized spacial score (nSPS) is 22.1. The Labute approximate surface area is 131 Å². The minimum Gasteiger partial charge on any atom is -0.341 e. The fourth-order valence-corrected chi connectivity index (χ4v) is 3.31. The smallest absolute Gasteiger partial charge is 0.227 e. The van der Waals surface area contributed by atoms with Gasteiger partial charge in [-0.1, -0.05) is 12.1 Å². The van der Waals surface area contributed by atoms with E-state index >= 15 is 0 Å². The average molecular weight is 320 g/mol. The lowest BCUT2D eigenvalue weighted by molar-refractivity contribution is -0.132. The summed E-state index contributed by atoms with van der Waals surface area (Å²) in [6.07, 6.45) is 3.04. The molecule has 0 spiro atoms. The number of rotatable bonds is 3. The van der Waals surface area contributed by atoms with Crippen LogP contribution in [0, 0.1) is 16.7 Å². The molecule has 0 aliphatic carbocycles. The number of hydrogen-bond donors (Lipinski definition) is 0. The molecule has 6 heteroatoms. The molecule has 1 saturated heterocycles. The van der Waals surface area contributed by atoms with Gasteiger partial charge in [0.1, 0.15) is 0 Å². The van der Waals surface area contributed by atoms with Crippen molar-refractivity contribution in [2.45, 2.75) is 31.1 Å². The monoisotopic (exact) mass is 320 g/mol. The van der Waals surface area contributed by atoms with E-state index in [0.717, 1.165) is 24.7 Å². The van der Waals surface area contributed by atoms with E-state index in [9.17, 15) is 18.5 Å². The first kappa shape index (κ1) is 16.5. The maximum absolute atomic E-state index is 12.4. The molecule has 0 N–H and O–H groups in total. The van der Waals surface area contributed by atoms with Crippen molar-refractivity contribution in [2.75, 3.05) is 19.3 Å². The first-order valence-electron chi connectivity index (χ1n) is 7.22. The lowest BCUT2D eigenvalue weighted by Crippen LogP contribution is -2.44. The van der Waals surface area contributed by atoms with Gasteiger partial charge in [0.2, 0.25) is 5.91 Å². The van der Waals surface area contributed by atoms with E-state index in [1.807, 2.05) is 6.92 Å². The molecule has 1 aromatic rings. The van der Waals surface area contributed by atoms with Crippen LogP contribution in [0.15, 0.2) is 29.2 Å². The number of amides is 1. The molecule has 1 fully saturated rings. The molecule has 22 heavy (non-hydrogen) atoms. The van der Waals surface area contributed by atoms with Gasteiger partial charge in [-0.05, 0) is 37.5 Å². The highest BCUT2D eigenvalue weighted by Gasteiger charge is 2.32. The maximum Gasteiger partial charge on any atom is 0.227 e. The Morgan fingerprint density at radius 1 is 1.36 bits per heavy atom. The topological polar surface area (TPSA) is 78.2 Å². The number of carbonyl (C=O) groups excluding carboxylic acids is 1. The number of nitrogens with zero attached hydrogens (tertiary/aromatic N) is 2. The second kappa shape index (κ2) is 6.09. The molecule has 1 atom stereocenters. The maximum atomic E-state index is 12.4. The van der Waals surface area contributed by atoms with Crippen LogP contribution in [-0.2, 0) is 21.1 Å². The van der Waals surface area contributed by atoms with Gasteiger partial charge in [-0.3, -0.25) is 4.79 Å². The molecule has 5 nitrogen and oxygen atoms in total. The second-order valence-electron chi connectivity index (χ2n) is 6.18. The molecule has 1 heterocycles.